The van der Waals surface area contributed by atoms with Gasteiger partial charge in [-0.15, -0.1) is 0 Å². The summed E-state index contributed by atoms with van der Waals surface area (Å²) in [5.74, 6) is -0.251. The number of anilines is 1. The molecule has 1 amide bonds. The standard InChI is InChI=1S/C13H17FN2O/c1-10-8-13(17)16(7-3-6-15-10)12-5-2-4-11(14)9-12/h2,4-5,9-10,15H,3,6-8H2,1H3. The van der Waals surface area contributed by atoms with Gasteiger partial charge in [0, 0.05) is 24.7 Å². The Kier molecular flexibility index (Phi) is 3.74. The van der Waals surface area contributed by atoms with Gasteiger partial charge in [0.25, 0.3) is 0 Å². The Labute approximate surface area is 101 Å². The Hall–Kier alpha value is -1.42. The number of benzene rings is 1. The summed E-state index contributed by atoms with van der Waals surface area (Å²) in [6, 6.07) is 6.40. The van der Waals surface area contributed by atoms with Crippen LogP contribution < -0.4 is 10.2 Å². The molecule has 92 valence electrons. The zero-order valence-electron chi connectivity index (χ0n) is 9.95. The first kappa shape index (κ1) is 12.0. The molecule has 1 unspecified atom stereocenters. The SMILES string of the molecule is CC1CC(=O)N(c2cccc(F)c2)CCCN1. The fraction of sp³-hybridized carbons (Fsp3) is 0.462. The summed E-state index contributed by atoms with van der Waals surface area (Å²) < 4.78 is 13.2. The molecule has 1 atom stereocenters. The maximum atomic E-state index is 13.2. The molecule has 0 aromatic heterocycles. The summed E-state index contributed by atoms with van der Waals surface area (Å²) in [6.07, 6.45) is 1.34. The lowest BCUT2D eigenvalue weighted by atomic mass is 10.1. The van der Waals surface area contributed by atoms with Crippen LogP contribution in [0.15, 0.2) is 24.3 Å². The molecule has 0 spiro atoms. The fourth-order valence-electron chi connectivity index (χ4n) is 2.07. The van der Waals surface area contributed by atoms with Gasteiger partial charge < -0.3 is 10.2 Å². The van der Waals surface area contributed by atoms with Gasteiger partial charge in [-0.25, -0.2) is 4.39 Å². The number of hydrogen-bond donors (Lipinski definition) is 1. The first-order valence-electron chi connectivity index (χ1n) is 5.96. The second-order valence-corrected chi connectivity index (χ2v) is 4.44. The zero-order valence-corrected chi connectivity index (χ0v) is 9.95. The van der Waals surface area contributed by atoms with E-state index in [4.69, 9.17) is 0 Å². The number of halogens is 1. The summed E-state index contributed by atoms with van der Waals surface area (Å²) in [5, 5.41) is 3.28. The lowest BCUT2D eigenvalue weighted by Gasteiger charge is -2.27. The first-order chi connectivity index (χ1) is 8.16. The predicted octanol–water partition coefficient (Wildman–Crippen LogP) is 1.93. The van der Waals surface area contributed by atoms with Crippen LogP contribution in [0, 0.1) is 5.82 Å². The number of rotatable bonds is 1. The molecule has 3 nitrogen and oxygen atoms in total. The molecule has 4 heteroatoms. The van der Waals surface area contributed by atoms with E-state index in [0.717, 1.165) is 13.0 Å². The van der Waals surface area contributed by atoms with Crippen LogP contribution in [0.25, 0.3) is 0 Å². The Morgan fingerprint density at radius 3 is 3.06 bits per heavy atom. The van der Waals surface area contributed by atoms with Crippen molar-refractivity contribution in [3.05, 3.63) is 30.1 Å². The van der Waals surface area contributed by atoms with Gasteiger partial charge in [0.15, 0.2) is 0 Å². The second-order valence-electron chi connectivity index (χ2n) is 4.44. The molecule has 1 saturated heterocycles. The third-order valence-electron chi connectivity index (χ3n) is 2.95. The second kappa shape index (κ2) is 5.27. The molecule has 1 heterocycles. The average Bonchev–Trinajstić information content (AvgIpc) is 2.26. The third kappa shape index (κ3) is 3.03. The van der Waals surface area contributed by atoms with Gasteiger partial charge in [-0.05, 0) is 38.1 Å². The van der Waals surface area contributed by atoms with E-state index in [0.29, 0.717) is 18.7 Å². The van der Waals surface area contributed by atoms with Crippen LogP contribution in [0.4, 0.5) is 10.1 Å². The third-order valence-corrected chi connectivity index (χ3v) is 2.95. The summed E-state index contributed by atoms with van der Waals surface area (Å²) in [6.45, 7) is 3.52. The molecule has 0 aliphatic carbocycles. The van der Waals surface area contributed by atoms with E-state index in [9.17, 15) is 9.18 Å². The fourth-order valence-corrected chi connectivity index (χ4v) is 2.07. The van der Waals surface area contributed by atoms with Gasteiger partial charge in [0.05, 0.1) is 0 Å². The highest BCUT2D eigenvalue weighted by molar-refractivity contribution is 5.93. The number of carbonyl (C=O) groups excluding carboxylic acids is 1. The highest BCUT2D eigenvalue weighted by Crippen LogP contribution is 2.18. The number of carbonyl (C=O) groups is 1. The molecule has 0 bridgehead atoms. The van der Waals surface area contributed by atoms with Crippen LogP contribution in [0.5, 0.6) is 0 Å². The van der Waals surface area contributed by atoms with Crippen molar-refractivity contribution >= 4 is 11.6 Å². The number of amides is 1. The summed E-state index contributed by atoms with van der Waals surface area (Å²) in [7, 11) is 0. The molecule has 2 rings (SSSR count). The number of nitrogens with zero attached hydrogens (tertiary/aromatic N) is 1. The topological polar surface area (TPSA) is 32.3 Å². The molecule has 17 heavy (non-hydrogen) atoms. The van der Waals surface area contributed by atoms with Crippen molar-refractivity contribution in [1.82, 2.24) is 5.32 Å². The predicted molar refractivity (Wildman–Crippen MR) is 65.5 cm³/mol. The lowest BCUT2D eigenvalue weighted by molar-refractivity contribution is -0.119. The van der Waals surface area contributed by atoms with Gasteiger partial charge in [-0.1, -0.05) is 6.07 Å². The minimum Gasteiger partial charge on any atom is -0.314 e. The minimum absolute atomic E-state index is 0.0512. The smallest absolute Gasteiger partial charge is 0.228 e. The van der Waals surface area contributed by atoms with Crippen LogP contribution in [0.2, 0.25) is 0 Å². The van der Waals surface area contributed by atoms with E-state index < -0.39 is 0 Å². The van der Waals surface area contributed by atoms with Crippen LogP contribution in [0.3, 0.4) is 0 Å². The van der Waals surface area contributed by atoms with Crippen LogP contribution in [-0.4, -0.2) is 25.0 Å². The normalized spacial score (nSPS) is 22.1. The van der Waals surface area contributed by atoms with E-state index >= 15 is 0 Å². The van der Waals surface area contributed by atoms with Crippen LogP contribution >= 0.6 is 0 Å². The van der Waals surface area contributed by atoms with E-state index in [-0.39, 0.29) is 17.8 Å². The molecule has 1 fully saturated rings. The van der Waals surface area contributed by atoms with Gasteiger partial charge in [-0.3, -0.25) is 4.79 Å². The largest absolute Gasteiger partial charge is 0.314 e. The minimum atomic E-state index is -0.302. The van der Waals surface area contributed by atoms with Crippen molar-refractivity contribution in [1.29, 1.82) is 0 Å². The molecule has 1 aromatic carbocycles. The molecule has 1 N–H and O–H groups in total. The van der Waals surface area contributed by atoms with E-state index in [1.165, 1.54) is 12.1 Å². The molecule has 1 aromatic rings. The highest BCUT2D eigenvalue weighted by atomic mass is 19.1. The molecular weight excluding hydrogens is 219 g/mol. The van der Waals surface area contributed by atoms with Crippen molar-refractivity contribution in [2.24, 2.45) is 0 Å². The number of nitrogens with one attached hydrogen (secondary N) is 1. The van der Waals surface area contributed by atoms with Crippen LogP contribution in [0.1, 0.15) is 19.8 Å². The lowest BCUT2D eigenvalue weighted by Crippen LogP contribution is -2.42. The molecule has 0 radical (unpaired) electrons. The Bertz CT molecular complexity index is 408. The number of hydrogen-bond acceptors (Lipinski definition) is 2. The summed E-state index contributed by atoms with van der Waals surface area (Å²) in [4.78, 5) is 13.7. The highest BCUT2D eigenvalue weighted by Gasteiger charge is 2.20. The van der Waals surface area contributed by atoms with Crippen LogP contribution in [-0.2, 0) is 4.79 Å². The molecule has 1 aliphatic heterocycles. The maximum Gasteiger partial charge on any atom is 0.228 e. The van der Waals surface area contributed by atoms with Crippen molar-refractivity contribution in [3.63, 3.8) is 0 Å². The first-order valence-corrected chi connectivity index (χ1v) is 5.96. The Balaban J connectivity index is 2.19. The molecule has 0 saturated carbocycles. The van der Waals surface area contributed by atoms with Gasteiger partial charge in [-0.2, -0.15) is 0 Å². The van der Waals surface area contributed by atoms with Crippen molar-refractivity contribution in [3.8, 4) is 0 Å². The summed E-state index contributed by atoms with van der Waals surface area (Å²) >= 11 is 0. The summed E-state index contributed by atoms with van der Waals surface area (Å²) in [5.41, 5.74) is 0.657. The quantitative estimate of drug-likeness (QED) is 0.808. The Morgan fingerprint density at radius 2 is 2.29 bits per heavy atom. The van der Waals surface area contributed by atoms with E-state index in [2.05, 4.69) is 5.32 Å². The van der Waals surface area contributed by atoms with Gasteiger partial charge in [0.2, 0.25) is 5.91 Å². The zero-order chi connectivity index (χ0) is 12.3. The van der Waals surface area contributed by atoms with E-state index in [1.54, 1.807) is 17.0 Å². The average molecular weight is 236 g/mol. The Morgan fingerprint density at radius 1 is 1.47 bits per heavy atom. The maximum absolute atomic E-state index is 13.2. The van der Waals surface area contributed by atoms with Gasteiger partial charge >= 0.3 is 0 Å². The van der Waals surface area contributed by atoms with Crippen molar-refractivity contribution in [2.75, 3.05) is 18.0 Å². The van der Waals surface area contributed by atoms with Crippen molar-refractivity contribution < 1.29 is 9.18 Å². The molecule has 1 aliphatic rings. The van der Waals surface area contributed by atoms with E-state index in [1.807, 2.05) is 6.92 Å². The van der Waals surface area contributed by atoms with Gasteiger partial charge in [0.1, 0.15) is 5.82 Å². The monoisotopic (exact) mass is 236 g/mol. The van der Waals surface area contributed by atoms with Crippen molar-refractivity contribution in [2.45, 2.75) is 25.8 Å². The molecular formula is C13H17FN2O.